The number of rotatable bonds is 6. The summed E-state index contributed by atoms with van der Waals surface area (Å²) in [6.07, 6.45) is 0.515. The largest absolute Gasteiger partial charge is 0.392 e. The van der Waals surface area contributed by atoms with Crippen LogP contribution in [0, 0.1) is 0 Å². The maximum atomic E-state index is 11.9. The molecule has 0 aliphatic carbocycles. The zero-order chi connectivity index (χ0) is 12.9. The molecule has 16 heavy (non-hydrogen) atoms. The number of hydrogen-bond donors (Lipinski definition) is 2. The van der Waals surface area contributed by atoms with Gasteiger partial charge in [-0.3, -0.25) is 4.79 Å². The van der Waals surface area contributed by atoms with Crippen molar-refractivity contribution in [1.29, 1.82) is 0 Å². The molecule has 0 aliphatic rings. The monoisotopic (exact) mass is 247 g/mol. The van der Waals surface area contributed by atoms with E-state index in [0.29, 0.717) is 0 Å². The van der Waals surface area contributed by atoms with Crippen LogP contribution in [0.2, 0.25) is 0 Å². The van der Waals surface area contributed by atoms with Gasteiger partial charge in [0.25, 0.3) is 0 Å². The first-order chi connectivity index (χ1) is 7.19. The van der Waals surface area contributed by atoms with Crippen LogP contribution >= 0.6 is 11.8 Å². The first kappa shape index (κ1) is 15.8. The SMILES string of the molecule is CCC(C)(C)NC(=O)C(C)SC(C)C(C)O. The Morgan fingerprint density at radius 2 is 1.88 bits per heavy atom. The van der Waals surface area contributed by atoms with Crippen LogP contribution in [0.5, 0.6) is 0 Å². The fourth-order valence-electron chi connectivity index (χ4n) is 1.02. The second kappa shape index (κ2) is 6.50. The lowest BCUT2D eigenvalue weighted by Gasteiger charge is -2.27. The third-order valence-electron chi connectivity index (χ3n) is 2.81. The number of aliphatic hydroxyl groups is 1. The molecule has 1 amide bonds. The minimum atomic E-state index is -0.389. The minimum absolute atomic E-state index is 0.0457. The molecule has 3 unspecified atom stereocenters. The van der Waals surface area contributed by atoms with E-state index < -0.39 is 0 Å². The molecule has 0 aromatic rings. The van der Waals surface area contributed by atoms with Crippen LogP contribution < -0.4 is 5.32 Å². The van der Waals surface area contributed by atoms with Crippen LogP contribution in [0.15, 0.2) is 0 Å². The predicted molar refractivity (Wildman–Crippen MR) is 70.7 cm³/mol. The Bertz CT molecular complexity index is 229. The summed E-state index contributed by atoms with van der Waals surface area (Å²) in [5.41, 5.74) is -0.153. The lowest BCUT2D eigenvalue weighted by Crippen LogP contribution is -2.46. The van der Waals surface area contributed by atoms with Crippen molar-refractivity contribution in [3.8, 4) is 0 Å². The number of amides is 1. The third kappa shape index (κ3) is 5.75. The van der Waals surface area contributed by atoms with Crippen molar-refractivity contribution < 1.29 is 9.90 Å². The summed E-state index contributed by atoms with van der Waals surface area (Å²) in [6, 6.07) is 0. The van der Waals surface area contributed by atoms with E-state index in [1.807, 2.05) is 27.7 Å². The van der Waals surface area contributed by atoms with Crippen LogP contribution in [0.1, 0.15) is 48.0 Å². The molecule has 0 rings (SSSR count). The Hall–Kier alpha value is -0.220. The number of carbonyl (C=O) groups is 1. The van der Waals surface area contributed by atoms with Crippen molar-refractivity contribution in [3.63, 3.8) is 0 Å². The first-order valence-corrected chi connectivity index (χ1v) is 6.79. The Morgan fingerprint density at radius 3 is 2.25 bits per heavy atom. The average molecular weight is 247 g/mol. The second-order valence-corrected chi connectivity index (χ2v) is 6.67. The molecule has 0 spiro atoms. The summed E-state index contributed by atoms with van der Waals surface area (Å²) >= 11 is 1.50. The number of thioether (sulfide) groups is 1. The van der Waals surface area contributed by atoms with Gasteiger partial charge in [-0.25, -0.2) is 0 Å². The molecule has 96 valence electrons. The Labute approximate surface area is 103 Å². The molecular formula is C12H25NO2S. The molecule has 0 radical (unpaired) electrons. The highest BCUT2D eigenvalue weighted by molar-refractivity contribution is 8.01. The number of hydrogen-bond acceptors (Lipinski definition) is 3. The standard InChI is InChI=1S/C12H25NO2S/c1-7-12(5,6)13-11(15)10(4)16-9(3)8(2)14/h8-10,14H,7H2,1-6H3,(H,13,15). The molecule has 3 nitrogen and oxygen atoms in total. The Balaban J connectivity index is 4.19. The molecule has 0 aliphatic heterocycles. The van der Waals surface area contributed by atoms with Crippen molar-refractivity contribution in [2.24, 2.45) is 0 Å². The van der Waals surface area contributed by atoms with E-state index in [1.165, 1.54) is 11.8 Å². The van der Waals surface area contributed by atoms with Gasteiger partial charge >= 0.3 is 0 Å². The van der Waals surface area contributed by atoms with Crippen LogP contribution in [0.4, 0.5) is 0 Å². The molecule has 4 heteroatoms. The maximum Gasteiger partial charge on any atom is 0.233 e. The summed E-state index contributed by atoms with van der Waals surface area (Å²) in [6.45, 7) is 11.6. The number of carbonyl (C=O) groups excluding carboxylic acids is 1. The Morgan fingerprint density at radius 1 is 1.38 bits per heavy atom. The van der Waals surface area contributed by atoms with Gasteiger partial charge in [-0.05, 0) is 34.1 Å². The van der Waals surface area contributed by atoms with Gasteiger partial charge in [0.05, 0.1) is 11.4 Å². The molecule has 0 bridgehead atoms. The molecule has 0 saturated heterocycles. The van der Waals surface area contributed by atoms with Gasteiger partial charge in [0.1, 0.15) is 0 Å². The van der Waals surface area contributed by atoms with Crippen LogP contribution in [-0.2, 0) is 4.79 Å². The summed E-state index contributed by atoms with van der Waals surface area (Å²) in [5.74, 6) is 0.0457. The zero-order valence-corrected chi connectivity index (χ0v) is 12.0. The normalized spacial score (nSPS) is 17.7. The van der Waals surface area contributed by atoms with Crippen LogP contribution in [0.25, 0.3) is 0 Å². The highest BCUT2D eigenvalue weighted by Gasteiger charge is 2.24. The van der Waals surface area contributed by atoms with E-state index in [9.17, 15) is 9.90 Å². The lowest BCUT2D eigenvalue weighted by atomic mass is 10.0. The van der Waals surface area contributed by atoms with E-state index in [4.69, 9.17) is 0 Å². The summed E-state index contributed by atoms with van der Waals surface area (Å²) in [4.78, 5) is 11.9. The first-order valence-electron chi connectivity index (χ1n) is 5.85. The highest BCUT2D eigenvalue weighted by atomic mass is 32.2. The summed E-state index contributed by atoms with van der Waals surface area (Å²) < 4.78 is 0. The minimum Gasteiger partial charge on any atom is -0.392 e. The molecule has 0 fully saturated rings. The molecule has 0 aromatic heterocycles. The number of nitrogens with one attached hydrogen (secondary N) is 1. The highest BCUT2D eigenvalue weighted by Crippen LogP contribution is 2.21. The molecule has 2 N–H and O–H groups in total. The van der Waals surface area contributed by atoms with Crippen molar-refractivity contribution in [2.45, 2.75) is 70.1 Å². The fraction of sp³-hybridized carbons (Fsp3) is 0.917. The van der Waals surface area contributed by atoms with Crippen molar-refractivity contribution in [1.82, 2.24) is 5.32 Å². The molecule has 3 atom stereocenters. The quantitative estimate of drug-likeness (QED) is 0.756. The number of aliphatic hydroxyl groups excluding tert-OH is 1. The van der Waals surface area contributed by atoms with E-state index in [-0.39, 0.29) is 28.0 Å². The van der Waals surface area contributed by atoms with E-state index in [0.717, 1.165) is 6.42 Å². The van der Waals surface area contributed by atoms with Gasteiger partial charge < -0.3 is 10.4 Å². The molecule has 0 aromatic carbocycles. The topological polar surface area (TPSA) is 49.3 Å². The van der Waals surface area contributed by atoms with Crippen molar-refractivity contribution in [2.75, 3.05) is 0 Å². The van der Waals surface area contributed by atoms with Crippen molar-refractivity contribution >= 4 is 17.7 Å². The van der Waals surface area contributed by atoms with Gasteiger partial charge in [-0.2, -0.15) is 0 Å². The van der Waals surface area contributed by atoms with E-state index >= 15 is 0 Å². The summed E-state index contributed by atoms with van der Waals surface area (Å²) in [5, 5.41) is 12.3. The zero-order valence-electron chi connectivity index (χ0n) is 11.2. The van der Waals surface area contributed by atoms with E-state index in [2.05, 4.69) is 12.2 Å². The van der Waals surface area contributed by atoms with Gasteiger partial charge in [0.2, 0.25) is 5.91 Å². The summed E-state index contributed by atoms with van der Waals surface area (Å²) in [7, 11) is 0. The molecule has 0 heterocycles. The van der Waals surface area contributed by atoms with Gasteiger partial charge in [-0.1, -0.05) is 13.8 Å². The Kier molecular flexibility index (Phi) is 6.41. The smallest absolute Gasteiger partial charge is 0.233 e. The second-order valence-electron chi connectivity index (χ2n) is 4.95. The molecule has 0 saturated carbocycles. The predicted octanol–water partition coefficient (Wildman–Crippen LogP) is 2.18. The van der Waals surface area contributed by atoms with Crippen LogP contribution in [-0.4, -0.2) is 33.2 Å². The maximum absolute atomic E-state index is 11.9. The fourth-order valence-corrected chi connectivity index (χ4v) is 2.07. The molecular weight excluding hydrogens is 222 g/mol. The average Bonchev–Trinajstić information content (AvgIpc) is 2.16. The lowest BCUT2D eigenvalue weighted by molar-refractivity contribution is -0.121. The van der Waals surface area contributed by atoms with Crippen LogP contribution in [0.3, 0.4) is 0 Å². The van der Waals surface area contributed by atoms with E-state index in [1.54, 1.807) is 6.92 Å². The third-order valence-corrected chi connectivity index (χ3v) is 4.26. The van der Waals surface area contributed by atoms with Gasteiger partial charge in [-0.15, -0.1) is 11.8 Å². The van der Waals surface area contributed by atoms with Gasteiger partial charge in [0.15, 0.2) is 0 Å². The van der Waals surface area contributed by atoms with Gasteiger partial charge in [0, 0.05) is 10.8 Å². The van der Waals surface area contributed by atoms with Crippen molar-refractivity contribution in [3.05, 3.63) is 0 Å².